The Bertz CT molecular complexity index is 207. The van der Waals surface area contributed by atoms with E-state index in [0.717, 1.165) is 17.8 Å². The number of hydrazone groups is 1. The molecule has 0 aromatic rings. The predicted molar refractivity (Wildman–Crippen MR) is 73.9 cm³/mol. The molecule has 0 aromatic carbocycles. The lowest BCUT2D eigenvalue weighted by molar-refractivity contribution is 0.570. The van der Waals surface area contributed by atoms with Gasteiger partial charge in [0, 0.05) is 6.54 Å². The summed E-state index contributed by atoms with van der Waals surface area (Å²) in [6.07, 6.45) is 9.41. The maximum absolute atomic E-state index is 4.24. The molecule has 16 heavy (non-hydrogen) atoms. The quantitative estimate of drug-likeness (QED) is 0.334. The van der Waals surface area contributed by atoms with Crippen molar-refractivity contribution >= 4 is 5.71 Å². The summed E-state index contributed by atoms with van der Waals surface area (Å²) >= 11 is 0. The third-order valence-corrected chi connectivity index (χ3v) is 2.76. The Morgan fingerprint density at radius 3 is 2.12 bits per heavy atom. The fourth-order valence-electron chi connectivity index (χ4n) is 1.43. The van der Waals surface area contributed by atoms with E-state index in [2.05, 4.69) is 24.0 Å². The largest absolute Gasteiger partial charge is 0.310 e. The van der Waals surface area contributed by atoms with Gasteiger partial charge in [0.05, 0.1) is 5.71 Å². The smallest absolute Gasteiger partial charge is 0.0595 e. The fourth-order valence-corrected chi connectivity index (χ4v) is 1.43. The zero-order valence-electron chi connectivity index (χ0n) is 11.3. The Balaban J connectivity index is 3.21. The van der Waals surface area contributed by atoms with E-state index in [-0.39, 0.29) is 0 Å². The minimum Gasteiger partial charge on any atom is -0.310 e. The topological polar surface area (TPSA) is 24.4 Å². The molecule has 0 amide bonds. The van der Waals surface area contributed by atoms with E-state index in [0.29, 0.717) is 0 Å². The van der Waals surface area contributed by atoms with E-state index in [1.807, 2.05) is 13.8 Å². The first-order valence-electron chi connectivity index (χ1n) is 6.61. The van der Waals surface area contributed by atoms with Crippen LogP contribution in [0.15, 0.2) is 17.3 Å². The summed E-state index contributed by atoms with van der Waals surface area (Å²) in [5.41, 5.74) is 5.13. The molecule has 0 saturated carbocycles. The van der Waals surface area contributed by atoms with E-state index in [1.54, 1.807) is 0 Å². The van der Waals surface area contributed by atoms with E-state index in [9.17, 15) is 0 Å². The standard InChI is InChI=1S/C14H28N2/c1-5-6-7-8-9-10-11-12-15-16-14(4)13(2)3/h15H,2,5-12H2,1,3-4H3. The third-order valence-electron chi connectivity index (χ3n) is 2.76. The van der Waals surface area contributed by atoms with Gasteiger partial charge in [-0.15, -0.1) is 0 Å². The fraction of sp³-hybridized carbons (Fsp3) is 0.786. The zero-order valence-corrected chi connectivity index (χ0v) is 11.3. The van der Waals surface area contributed by atoms with Gasteiger partial charge in [-0.3, -0.25) is 0 Å². The SMILES string of the molecule is C=C(C)C(C)=NNCCCCCCCCC. The molecule has 0 fully saturated rings. The monoisotopic (exact) mass is 224 g/mol. The first kappa shape index (κ1) is 15.2. The average Bonchev–Trinajstić information content (AvgIpc) is 2.26. The second-order valence-electron chi connectivity index (χ2n) is 4.51. The minimum atomic E-state index is 0.985. The molecule has 0 saturated heterocycles. The Morgan fingerprint density at radius 1 is 1.00 bits per heavy atom. The second-order valence-corrected chi connectivity index (χ2v) is 4.51. The van der Waals surface area contributed by atoms with Crippen LogP contribution in [-0.2, 0) is 0 Å². The Kier molecular flexibility index (Phi) is 10.2. The van der Waals surface area contributed by atoms with Crippen LogP contribution in [0.25, 0.3) is 0 Å². The van der Waals surface area contributed by atoms with Crippen LogP contribution in [0.4, 0.5) is 0 Å². The highest BCUT2D eigenvalue weighted by molar-refractivity contribution is 5.96. The van der Waals surface area contributed by atoms with E-state index < -0.39 is 0 Å². The second kappa shape index (κ2) is 10.7. The molecule has 0 aliphatic rings. The molecule has 0 aromatic heterocycles. The normalized spacial score (nSPS) is 11.6. The Labute approximate surface area is 101 Å². The number of nitrogens with one attached hydrogen (secondary N) is 1. The summed E-state index contributed by atoms with van der Waals surface area (Å²) in [6, 6.07) is 0. The molecule has 0 bridgehead atoms. The molecule has 0 unspecified atom stereocenters. The number of nitrogens with zero attached hydrogens (tertiary/aromatic N) is 1. The van der Waals surface area contributed by atoms with E-state index >= 15 is 0 Å². The van der Waals surface area contributed by atoms with Gasteiger partial charge in [-0.25, -0.2) is 0 Å². The van der Waals surface area contributed by atoms with Gasteiger partial charge in [0.1, 0.15) is 0 Å². The molecule has 94 valence electrons. The zero-order chi connectivity index (χ0) is 12.2. The summed E-state index contributed by atoms with van der Waals surface area (Å²) in [6.45, 7) is 11.0. The Morgan fingerprint density at radius 2 is 1.56 bits per heavy atom. The van der Waals surface area contributed by atoms with Gasteiger partial charge in [0.2, 0.25) is 0 Å². The van der Waals surface area contributed by atoms with Crippen molar-refractivity contribution in [2.75, 3.05) is 6.54 Å². The van der Waals surface area contributed by atoms with Crippen LogP contribution in [0.3, 0.4) is 0 Å². The molecule has 1 N–H and O–H groups in total. The molecule has 0 heterocycles. The summed E-state index contributed by atoms with van der Waals surface area (Å²) in [7, 11) is 0. The van der Waals surface area contributed by atoms with E-state index in [1.165, 1.54) is 44.9 Å². The maximum atomic E-state index is 4.24. The van der Waals surface area contributed by atoms with Gasteiger partial charge in [0.25, 0.3) is 0 Å². The minimum absolute atomic E-state index is 0.985. The highest BCUT2D eigenvalue weighted by Gasteiger charge is 1.91. The van der Waals surface area contributed by atoms with Gasteiger partial charge in [-0.2, -0.15) is 5.10 Å². The number of rotatable bonds is 10. The summed E-state index contributed by atoms with van der Waals surface area (Å²) in [5.74, 6) is 0. The van der Waals surface area contributed by atoms with Crippen LogP contribution in [-0.4, -0.2) is 12.3 Å². The van der Waals surface area contributed by atoms with Crippen LogP contribution in [0.5, 0.6) is 0 Å². The summed E-state index contributed by atoms with van der Waals surface area (Å²) < 4.78 is 0. The van der Waals surface area contributed by atoms with Crippen molar-refractivity contribution in [1.29, 1.82) is 0 Å². The average molecular weight is 224 g/mol. The molecule has 0 radical (unpaired) electrons. The molecular weight excluding hydrogens is 196 g/mol. The van der Waals surface area contributed by atoms with Crippen molar-refractivity contribution in [2.45, 2.75) is 65.7 Å². The van der Waals surface area contributed by atoms with Gasteiger partial charge < -0.3 is 5.43 Å². The molecule has 0 rings (SSSR count). The molecule has 2 nitrogen and oxygen atoms in total. The van der Waals surface area contributed by atoms with Crippen LogP contribution >= 0.6 is 0 Å². The number of hydrogen-bond acceptors (Lipinski definition) is 2. The van der Waals surface area contributed by atoms with Gasteiger partial charge >= 0.3 is 0 Å². The molecule has 0 aliphatic heterocycles. The number of unbranched alkanes of at least 4 members (excludes halogenated alkanes) is 6. The first-order chi connectivity index (χ1) is 7.68. The first-order valence-corrected chi connectivity index (χ1v) is 6.61. The molecular formula is C14H28N2. The molecule has 0 aliphatic carbocycles. The van der Waals surface area contributed by atoms with Crippen molar-refractivity contribution in [3.8, 4) is 0 Å². The third kappa shape index (κ3) is 9.75. The number of hydrogen-bond donors (Lipinski definition) is 1. The van der Waals surface area contributed by atoms with Crippen molar-refractivity contribution in [3.05, 3.63) is 12.2 Å². The number of allylic oxidation sites excluding steroid dienone is 1. The predicted octanol–water partition coefficient (Wildman–Crippen LogP) is 4.28. The highest BCUT2D eigenvalue weighted by Crippen LogP contribution is 2.06. The van der Waals surface area contributed by atoms with Crippen molar-refractivity contribution in [2.24, 2.45) is 5.10 Å². The van der Waals surface area contributed by atoms with Crippen molar-refractivity contribution in [3.63, 3.8) is 0 Å². The lowest BCUT2D eigenvalue weighted by Gasteiger charge is -2.03. The molecule has 0 atom stereocenters. The summed E-state index contributed by atoms with van der Waals surface area (Å²) in [4.78, 5) is 0. The lowest BCUT2D eigenvalue weighted by atomic mass is 10.1. The molecule has 0 spiro atoms. The van der Waals surface area contributed by atoms with Crippen LogP contribution in [0.2, 0.25) is 0 Å². The van der Waals surface area contributed by atoms with Gasteiger partial charge in [-0.1, -0.05) is 52.0 Å². The van der Waals surface area contributed by atoms with Gasteiger partial charge in [-0.05, 0) is 25.8 Å². The van der Waals surface area contributed by atoms with Crippen LogP contribution in [0, 0.1) is 0 Å². The van der Waals surface area contributed by atoms with E-state index in [4.69, 9.17) is 0 Å². The van der Waals surface area contributed by atoms with Crippen LogP contribution in [0.1, 0.15) is 65.7 Å². The van der Waals surface area contributed by atoms with Crippen LogP contribution < -0.4 is 5.43 Å². The maximum Gasteiger partial charge on any atom is 0.0595 e. The highest BCUT2D eigenvalue weighted by atomic mass is 15.3. The summed E-state index contributed by atoms with van der Waals surface area (Å²) in [5, 5.41) is 4.24. The molecule has 2 heteroatoms. The van der Waals surface area contributed by atoms with Crippen molar-refractivity contribution < 1.29 is 0 Å². The lowest BCUT2D eigenvalue weighted by Crippen LogP contribution is -2.10. The Hall–Kier alpha value is -0.790. The van der Waals surface area contributed by atoms with Gasteiger partial charge in [0.15, 0.2) is 0 Å². The van der Waals surface area contributed by atoms with Crippen molar-refractivity contribution in [1.82, 2.24) is 5.43 Å².